The number of aliphatic hydroxyl groups is 1. The number of benzene rings is 1. The Bertz CT molecular complexity index is 1550. The lowest BCUT2D eigenvalue weighted by atomic mass is 9.88. The monoisotopic (exact) mass is 894 g/mol. The number of aliphatic hydroxyl groups excluding tert-OH is 1. The Labute approximate surface area is 323 Å². The summed E-state index contributed by atoms with van der Waals surface area (Å²) in [6.45, 7) is 9.69. The predicted molar refractivity (Wildman–Crippen MR) is 178 cm³/mol. The van der Waals surface area contributed by atoms with Crippen LogP contribution in [0, 0.1) is 5.92 Å². The second-order valence-corrected chi connectivity index (χ2v) is 18.9. The van der Waals surface area contributed by atoms with Gasteiger partial charge in [0.15, 0.2) is 8.32 Å². The quantitative estimate of drug-likeness (QED) is 0.0314. The van der Waals surface area contributed by atoms with E-state index in [1.807, 2.05) is 0 Å². The molecule has 0 aromatic heterocycles. The van der Waals surface area contributed by atoms with Crippen LogP contribution in [0.1, 0.15) is 66.6 Å². The number of rotatable bonds is 22. The zero-order chi connectivity index (χ0) is 45.7. The topological polar surface area (TPSA) is 65.0 Å². The average molecular weight is 895 g/mol. The molecule has 1 aromatic rings. The number of hydrogen-bond acceptors (Lipinski definition) is 5. The van der Waals surface area contributed by atoms with Gasteiger partial charge in [0.25, 0.3) is 0 Å². The maximum absolute atomic E-state index is 14.9. The van der Waals surface area contributed by atoms with Gasteiger partial charge in [0.2, 0.25) is 0 Å². The summed E-state index contributed by atoms with van der Waals surface area (Å²) in [5, 5.41) is 10.8. The van der Waals surface area contributed by atoms with E-state index in [-0.39, 0.29) is 19.0 Å². The number of alkyl halides is 17. The van der Waals surface area contributed by atoms with Crippen molar-refractivity contribution >= 4 is 14.3 Å². The summed E-state index contributed by atoms with van der Waals surface area (Å²) < 4.78 is 250. The Morgan fingerprint density at radius 1 is 0.707 bits per heavy atom. The van der Waals surface area contributed by atoms with Crippen LogP contribution >= 0.6 is 0 Å². The zero-order valence-electron chi connectivity index (χ0n) is 31.9. The first-order chi connectivity index (χ1) is 26.0. The minimum absolute atomic E-state index is 0.169. The van der Waals surface area contributed by atoms with Crippen LogP contribution in [0.2, 0.25) is 17.1 Å². The van der Waals surface area contributed by atoms with Crippen molar-refractivity contribution < 1.29 is 98.4 Å². The van der Waals surface area contributed by atoms with Gasteiger partial charge < -0.3 is 19.0 Å². The first kappa shape index (κ1) is 52.9. The van der Waals surface area contributed by atoms with Gasteiger partial charge >= 0.3 is 53.6 Å². The van der Waals surface area contributed by atoms with E-state index in [0.717, 1.165) is 0 Å². The highest BCUT2D eigenvalue weighted by atomic mass is 28.4. The minimum atomic E-state index is -8.68. The summed E-state index contributed by atoms with van der Waals surface area (Å²) in [6, 6.07) is 4.51. The van der Waals surface area contributed by atoms with Crippen molar-refractivity contribution in [3.63, 3.8) is 0 Å². The molecule has 0 bridgehead atoms. The van der Waals surface area contributed by atoms with Gasteiger partial charge in [0.05, 0.1) is 19.3 Å². The van der Waals surface area contributed by atoms with Gasteiger partial charge in [-0.2, -0.15) is 74.6 Å². The molecule has 58 heavy (non-hydrogen) atoms. The summed E-state index contributed by atoms with van der Waals surface area (Å²) in [6.07, 6.45) is -7.14. The SMILES string of the molecule is CCOC(=O)/C=C/C=C(\C)[C@H](C)[C@H](O)c1ccc(OCCO[Si](CCC(F)(F)C(F)(F)C(F)(F)C(F)(F)C(F)(F)C(F)(F)C(F)(F)C(F)(F)F)(C(C)C)C(C)C)cc1. The lowest BCUT2D eigenvalue weighted by Crippen LogP contribution is -2.74. The number of carbonyl (C=O) groups excluding carboxylic acids is 1. The molecule has 1 rings (SSSR count). The maximum atomic E-state index is 14.9. The zero-order valence-corrected chi connectivity index (χ0v) is 32.9. The molecular formula is C35H43F17O5Si. The Morgan fingerprint density at radius 3 is 1.59 bits per heavy atom. The second-order valence-electron chi connectivity index (χ2n) is 13.9. The Balaban J connectivity index is 3.20. The van der Waals surface area contributed by atoms with Gasteiger partial charge in [0, 0.05) is 18.4 Å². The third-order valence-corrected chi connectivity index (χ3v) is 15.3. The first-order valence-corrected chi connectivity index (χ1v) is 19.5. The van der Waals surface area contributed by atoms with Crippen LogP contribution < -0.4 is 4.74 Å². The van der Waals surface area contributed by atoms with Crippen molar-refractivity contribution in [3.05, 3.63) is 53.6 Å². The van der Waals surface area contributed by atoms with E-state index in [1.165, 1.54) is 64.1 Å². The molecule has 0 aliphatic carbocycles. The van der Waals surface area contributed by atoms with Crippen molar-refractivity contribution in [2.75, 3.05) is 19.8 Å². The molecule has 23 heteroatoms. The van der Waals surface area contributed by atoms with Gasteiger partial charge in [-0.15, -0.1) is 0 Å². The van der Waals surface area contributed by atoms with Crippen molar-refractivity contribution in [1.29, 1.82) is 0 Å². The van der Waals surface area contributed by atoms with Gasteiger partial charge in [0.1, 0.15) is 12.4 Å². The molecule has 0 aliphatic heterocycles. The summed E-state index contributed by atoms with van der Waals surface area (Å²) in [4.78, 5) is 11.5. The van der Waals surface area contributed by atoms with Crippen LogP contribution in [0.3, 0.4) is 0 Å². The van der Waals surface area contributed by atoms with Crippen LogP contribution in [-0.2, 0) is 14.0 Å². The van der Waals surface area contributed by atoms with Gasteiger partial charge in [-0.3, -0.25) is 0 Å². The second kappa shape index (κ2) is 18.7. The fourth-order valence-corrected chi connectivity index (χ4v) is 10.1. The smallest absolute Gasteiger partial charge is 0.460 e. The Morgan fingerprint density at radius 2 is 1.16 bits per heavy atom. The molecule has 0 unspecified atom stereocenters. The fraction of sp³-hybridized carbons (Fsp3) is 0.686. The van der Waals surface area contributed by atoms with E-state index in [4.69, 9.17) is 13.9 Å². The standard InChI is InChI=1S/C35H43F17O5Si/c1-8-55-26(53)11-9-10-22(6)23(7)27(54)24-12-14-25(15-13-24)56-17-18-57-58(20(2)3,21(4)5)19-16-28(36,37)29(38,39)30(40,41)31(42,43)32(44,45)33(46,47)34(48,49)35(50,51)52/h9-15,20-21,23,27,54H,8,16-19H2,1-7H3/b11-9+,22-10+/t23-,27-/m0/s1. The molecule has 0 fully saturated rings. The Hall–Kier alpha value is -3.08. The molecule has 0 radical (unpaired) electrons. The van der Waals surface area contributed by atoms with E-state index >= 15 is 0 Å². The molecule has 0 amide bonds. The van der Waals surface area contributed by atoms with E-state index < -0.39 is 104 Å². The average Bonchev–Trinajstić information content (AvgIpc) is 3.09. The molecule has 2 atom stereocenters. The molecular weight excluding hydrogens is 851 g/mol. The summed E-state index contributed by atoms with van der Waals surface area (Å²) >= 11 is 0. The predicted octanol–water partition coefficient (Wildman–Crippen LogP) is 12.0. The fourth-order valence-electron chi connectivity index (χ4n) is 5.67. The Kier molecular flexibility index (Phi) is 17.0. The van der Waals surface area contributed by atoms with Crippen molar-refractivity contribution in [1.82, 2.24) is 0 Å². The van der Waals surface area contributed by atoms with Crippen molar-refractivity contribution in [2.24, 2.45) is 5.92 Å². The molecule has 1 N–H and O–H groups in total. The third-order valence-electron chi connectivity index (χ3n) is 9.59. The van der Waals surface area contributed by atoms with Crippen LogP contribution in [-0.4, -0.2) is 86.8 Å². The number of halogens is 17. The van der Waals surface area contributed by atoms with Gasteiger partial charge in [-0.1, -0.05) is 64.5 Å². The molecule has 0 aliphatic rings. The molecule has 5 nitrogen and oxygen atoms in total. The van der Waals surface area contributed by atoms with Crippen LogP contribution in [0.5, 0.6) is 5.75 Å². The molecule has 0 saturated carbocycles. The number of ether oxygens (including phenoxy) is 2. The highest BCUT2D eigenvalue weighted by molar-refractivity contribution is 6.76. The van der Waals surface area contributed by atoms with Crippen molar-refractivity contribution in [2.45, 2.75) is 126 Å². The lowest BCUT2D eigenvalue weighted by Gasteiger charge is -2.44. The maximum Gasteiger partial charge on any atom is 0.460 e. The molecule has 1 aromatic carbocycles. The molecule has 0 saturated heterocycles. The summed E-state index contributed by atoms with van der Waals surface area (Å²) in [7, 11) is -3.95. The van der Waals surface area contributed by atoms with E-state index in [9.17, 15) is 84.5 Å². The number of allylic oxidation sites excluding steroid dienone is 2. The van der Waals surface area contributed by atoms with Crippen LogP contribution in [0.4, 0.5) is 74.6 Å². The number of carbonyl (C=O) groups is 1. The van der Waals surface area contributed by atoms with Crippen LogP contribution in [0.15, 0.2) is 48.1 Å². The minimum Gasteiger partial charge on any atom is -0.491 e. The number of hydrogen-bond donors (Lipinski definition) is 1. The third kappa shape index (κ3) is 10.3. The van der Waals surface area contributed by atoms with Crippen molar-refractivity contribution in [3.8, 4) is 5.75 Å². The van der Waals surface area contributed by atoms with E-state index in [2.05, 4.69) is 0 Å². The highest BCUT2D eigenvalue weighted by Gasteiger charge is 2.95. The van der Waals surface area contributed by atoms with E-state index in [1.54, 1.807) is 26.8 Å². The van der Waals surface area contributed by atoms with Crippen LogP contribution in [0.25, 0.3) is 0 Å². The summed E-state index contributed by atoms with van der Waals surface area (Å²) in [5.74, 6) is -57.5. The molecule has 0 spiro atoms. The van der Waals surface area contributed by atoms with E-state index in [0.29, 0.717) is 11.1 Å². The normalized spacial score (nSPS) is 16.0. The number of esters is 1. The first-order valence-electron chi connectivity index (χ1n) is 17.3. The largest absolute Gasteiger partial charge is 0.491 e. The summed E-state index contributed by atoms with van der Waals surface area (Å²) in [5.41, 5.74) is -0.582. The molecule has 336 valence electrons. The lowest BCUT2D eigenvalue weighted by molar-refractivity contribution is -0.461. The van der Waals surface area contributed by atoms with Gasteiger partial charge in [-0.25, -0.2) is 4.79 Å². The van der Waals surface area contributed by atoms with Gasteiger partial charge in [-0.05, 0) is 48.7 Å². The molecule has 0 heterocycles. The highest BCUT2D eigenvalue weighted by Crippen LogP contribution is 2.64.